The Kier molecular flexibility index (Phi) is 3.37. The molecule has 0 saturated heterocycles. The molecule has 26 heavy (non-hydrogen) atoms. The van der Waals surface area contributed by atoms with Gasteiger partial charge in [-0.05, 0) is 65.3 Å². The van der Waals surface area contributed by atoms with E-state index in [1.165, 1.54) is 44.5 Å². The van der Waals surface area contributed by atoms with Crippen LogP contribution in [0.4, 0.5) is 0 Å². The zero-order chi connectivity index (χ0) is 17.9. The lowest BCUT2D eigenvalue weighted by atomic mass is 9.56. The highest BCUT2D eigenvalue weighted by molar-refractivity contribution is 5.73. The molecule has 0 fully saturated rings. The van der Waals surface area contributed by atoms with Crippen LogP contribution in [0.15, 0.2) is 60.7 Å². The molecule has 0 atom stereocenters. The van der Waals surface area contributed by atoms with Crippen LogP contribution in [0.1, 0.15) is 57.3 Å². The van der Waals surface area contributed by atoms with Gasteiger partial charge in [0.05, 0.1) is 6.61 Å². The molecule has 3 aromatic rings. The normalized spacial score (nSPS) is 21.9. The van der Waals surface area contributed by atoms with Crippen LogP contribution in [0.5, 0.6) is 0 Å². The molecule has 6 rings (SSSR count). The largest absolute Gasteiger partial charge is 0.301 e. The van der Waals surface area contributed by atoms with Crippen LogP contribution in [0.2, 0.25) is 0 Å². The summed E-state index contributed by atoms with van der Waals surface area (Å²) in [6.07, 6.45) is 0. The summed E-state index contributed by atoms with van der Waals surface area (Å²) in [4.78, 5) is 5.91. The highest BCUT2D eigenvalue weighted by Gasteiger charge is 2.53. The highest BCUT2D eigenvalue weighted by atomic mass is 16.6. The standard InChI is InChI=1S/C24H23NO/c1-4-26-25-24-19-11-7-5-9-17(19)22(18-10-6-8-12-20(18)24)21-15(2)13-14-16(3)23(21)24/h5-14,22,25H,4H2,1-3H3. The number of rotatable bonds is 3. The van der Waals surface area contributed by atoms with Crippen LogP contribution in [0.3, 0.4) is 0 Å². The van der Waals surface area contributed by atoms with Crippen molar-refractivity contribution in [3.8, 4) is 0 Å². The molecule has 0 radical (unpaired) electrons. The minimum Gasteiger partial charge on any atom is -0.301 e. The number of hydrogen-bond donors (Lipinski definition) is 1. The number of benzene rings is 3. The molecule has 2 nitrogen and oxygen atoms in total. The Balaban J connectivity index is 1.97. The first-order valence-electron chi connectivity index (χ1n) is 9.38. The SMILES string of the molecule is CCONC12c3ccccc3C(c3ccccc31)c1c(C)ccc(C)c12. The first-order valence-corrected chi connectivity index (χ1v) is 9.38. The van der Waals surface area contributed by atoms with Crippen molar-refractivity contribution >= 4 is 0 Å². The second-order valence-corrected chi connectivity index (χ2v) is 7.38. The molecular formula is C24H23NO. The maximum Gasteiger partial charge on any atom is 0.119 e. The van der Waals surface area contributed by atoms with Gasteiger partial charge in [-0.2, -0.15) is 5.48 Å². The Morgan fingerprint density at radius 2 is 1.42 bits per heavy atom. The maximum absolute atomic E-state index is 5.91. The van der Waals surface area contributed by atoms with Crippen LogP contribution in [-0.4, -0.2) is 6.61 Å². The van der Waals surface area contributed by atoms with Crippen molar-refractivity contribution in [3.05, 3.63) is 105 Å². The van der Waals surface area contributed by atoms with E-state index in [9.17, 15) is 0 Å². The Bertz CT molecular complexity index is 973. The van der Waals surface area contributed by atoms with Gasteiger partial charge in [0.15, 0.2) is 0 Å². The second-order valence-electron chi connectivity index (χ2n) is 7.38. The zero-order valence-corrected chi connectivity index (χ0v) is 15.5. The summed E-state index contributed by atoms with van der Waals surface area (Å²) < 4.78 is 0. The summed E-state index contributed by atoms with van der Waals surface area (Å²) in [5.41, 5.74) is 13.9. The average molecular weight is 341 g/mol. The molecule has 0 spiro atoms. The van der Waals surface area contributed by atoms with E-state index in [1.54, 1.807) is 0 Å². The van der Waals surface area contributed by atoms with Crippen molar-refractivity contribution in [1.29, 1.82) is 0 Å². The monoisotopic (exact) mass is 341 g/mol. The molecule has 0 aliphatic heterocycles. The van der Waals surface area contributed by atoms with Gasteiger partial charge in [0, 0.05) is 5.92 Å². The van der Waals surface area contributed by atoms with Gasteiger partial charge in [0.1, 0.15) is 5.54 Å². The number of hydrogen-bond acceptors (Lipinski definition) is 2. The quantitative estimate of drug-likeness (QED) is 0.681. The molecule has 0 amide bonds. The van der Waals surface area contributed by atoms with Crippen molar-refractivity contribution in [2.75, 3.05) is 6.61 Å². The molecule has 130 valence electrons. The highest BCUT2D eigenvalue weighted by Crippen LogP contribution is 2.59. The predicted octanol–water partition coefficient (Wildman–Crippen LogP) is 4.94. The van der Waals surface area contributed by atoms with Crippen LogP contribution in [0.25, 0.3) is 0 Å². The van der Waals surface area contributed by atoms with E-state index in [1.807, 2.05) is 6.92 Å². The summed E-state index contributed by atoms with van der Waals surface area (Å²) in [6.45, 7) is 7.10. The summed E-state index contributed by atoms with van der Waals surface area (Å²) in [6, 6.07) is 22.2. The Hall–Kier alpha value is -2.42. The fraction of sp³-hybridized carbons (Fsp3) is 0.250. The van der Waals surface area contributed by atoms with Crippen molar-refractivity contribution < 1.29 is 4.84 Å². The Morgan fingerprint density at radius 1 is 0.846 bits per heavy atom. The van der Waals surface area contributed by atoms with E-state index in [0.717, 1.165) is 0 Å². The third-order valence-corrected chi connectivity index (χ3v) is 6.06. The summed E-state index contributed by atoms with van der Waals surface area (Å²) >= 11 is 0. The molecule has 3 aliphatic rings. The Labute approximate surface area is 154 Å². The van der Waals surface area contributed by atoms with Crippen LogP contribution in [-0.2, 0) is 10.4 Å². The molecule has 0 saturated carbocycles. The van der Waals surface area contributed by atoms with Crippen molar-refractivity contribution in [2.45, 2.75) is 32.2 Å². The van der Waals surface area contributed by atoms with Crippen LogP contribution >= 0.6 is 0 Å². The molecule has 0 heterocycles. The minimum absolute atomic E-state index is 0.294. The third-order valence-electron chi connectivity index (χ3n) is 6.06. The lowest BCUT2D eigenvalue weighted by molar-refractivity contribution is 0.00535. The smallest absolute Gasteiger partial charge is 0.119 e. The van der Waals surface area contributed by atoms with E-state index in [0.29, 0.717) is 12.5 Å². The number of nitrogens with one attached hydrogen (secondary N) is 1. The van der Waals surface area contributed by atoms with Gasteiger partial charge in [-0.3, -0.25) is 0 Å². The van der Waals surface area contributed by atoms with Crippen molar-refractivity contribution in [3.63, 3.8) is 0 Å². The van der Waals surface area contributed by atoms with E-state index in [2.05, 4.69) is 80.0 Å². The molecular weight excluding hydrogens is 318 g/mol. The summed E-state index contributed by atoms with van der Waals surface area (Å²) in [5.74, 6) is 0.294. The van der Waals surface area contributed by atoms with Gasteiger partial charge in [-0.15, -0.1) is 0 Å². The topological polar surface area (TPSA) is 21.3 Å². The fourth-order valence-corrected chi connectivity index (χ4v) is 5.12. The van der Waals surface area contributed by atoms with Gasteiger partial charge in [0.25, 0.3) is 0 Å². The fourth-order valence-electron chi connectivity index (χ4n) is 5.12. The third kappa shape index (κ3) is 1.78. The lowest BCUT2D eigenvalue weighted by Gasteiger charge is -2.51. The maximum atomic E-state index is 5.91. The molecule has 2 bridgehead atoms. The summed E-state index contributed by atoms with van der Waals surface area (Å²) in [7, 11) is 0. The Morgan fingerprint density at radius 3 is 2.04 bits per heavy atom. The van der Waals surface area contributed by atoms with E-state index >= 15 is 0 Å². The minimum atomic E-state index is -0.455. The zero-order valence-electron chi connectivity index (χ0n) is 15.5. The molecule has 3 aliphatic carbocycles. The molecule has 0 aromatic heterocycles. The second kappa shape index (κ2) is 5.54. The first kappa shape index (κ1) is 15.8. The number of hydroxylamine groups is 1. The van der Waals surface area contributed by atoms with Crippen molar-refractivity contribution in [1.82, 2.24) is 5.48 Å². The molecule has 0 unspecified atom stereocenters. The van der Waals surface area contributed by atoms with Gasteiger partial charge in [-0.1, -0.05) is 60.7 Å². The summed E-state index contributed by atoms with van der Waals surface area (Å²) in [5, 5.41) is 0. The lowest BCUT2D eigenvalue weighted by Crippen LogP contribution is -2.52. The van der Waals surface area contributed by atoms with Gasteiger partial charge >= 0.3 is 0 Å². The van der Waals surface area contributed by atoms with E-state index < -0.39 is 5.54 Å². The predicted molar refractivity (Wildman–Crippen MR) is 104 cm³/mol. The van der Waals surface area contributed by atoms with Gasteiger partial charge in [0.2, 0.25) is 0 Å². The van der Waals surface area contributed by atoms with E-state index in [4.69, 9.17) is 4.84 Å². The molecule has 3 aromatic carbocycles. The van der Waals surface area contributed by atoms with Gasteiger partial charge < -0.3 is 4.84 Å². The number of aryl methyl sites for hydroxylation is 2. The van der Waals surface area contributed by atoms with Gasteiger partial charge in [-0.25, -0.2) is 0 Å². The average Bonchev–Trinajstić information content (AvgIpc) is 2.69. The molecule has 1 N–H and O–H groups in total. The van der Waals surface area contributed by atoms with Crippen LogP contribution in [0, 0.1) is 13.8 Å². The first-order chi connectivity index (χ1) is 12.7. The van der Waals surface area contributed by atoms with E-state index in [-0.39, 0.29) is 0 Å². The van der Waals surface area contributed by atoms with Crippen LogP contribution < -0.4 is 5.48 Å². The van der Waals surface area contributed by atoms with Crippen molar-refractivity contribution in [2.24, 2.45) is 0 Å². The molecule has 2 heteroatoms.